The lowest BCUT2D eigenvalue weighted by Gasteiger charge is -2.17. The lowest BCUT2D eigenvalue weighted by molar-refractivity contribution is -0.00466. The van der Waals surface area contributed by atoms with Gasteiger partial charge in [-0.2, -0.15) is 0 Å². The SMILES string of the molecule is CCC(O)c1ccccc1OCC(O)COCCOC. The standard InChI is InChI=1S/C15H24O5/c1-3-14(17)13-6-4-5-7-15(13)20-11-12(16)10-19-9-8-18-2/h4-7,12,14,16-17H,3,8-11H2,1-2H3. The lowest BCUT2D eigenvalue weighted by atomic mass is 10.1. The van der Waals surface area contributed by atoms with Crippen LogP contribution in [0, 0.1) is 0 Å². The highest BCUT2D eigenvalue weighted by Gasteiger charge is 2.12. The fraction of sp³-hybridized carbons (Fsp3) is 0.600. The van der Waals surface area contributed by atoms with Gasteiger partial charge in [-0.25, -0.2) is 0 Å². The zero-order valence-electron chi connectivity index (χ0n) is 12.1. The molecule has 1 aromatic carbocycles. The summed E-state index contributed by atoms with van der Waals surface area (Å²) in [6.45, 7) is 3.17. The van der Waals surface area contributed by atoms with Gasteiger partial charge in [0.2, 0.25) is 0 Å². The van der Waals surface area contributed by atoms with Gasteiger partial charge in [0.1, 0.15) is 18.5 Å². The average molecular weight is 284 g/mol. The number of hydrogen-bond donors (Lipinski definition) is 2. The third-order valence-electron chi connectivity index (χ3n) is 2.84. The van der Waals surface area contributed by atoms with Gasteiger partial charge >= 0.3 is 0 Å². The highest BCUT2D eigenvalue weighted by molar-refractivity contribution is 5.35. The number of ether oxygens (including phenoxy) is 3. The average Bonchev–Trinajstić information content (AvgIpc) is 2.49. The molecule has 0 spiro atoms. The second kappa shape index (κ2) is 9.72. The smallest absolute Gasteiger partial charge is 0.125 e. The van der Waals surface area contributed by atoms with Crippen molar-refractivity contribution in [2.45, 2.75) is 25.6 Å². The first-order valence-corrected chi connectivity index (χ1v) is 6.83. The van der Waals surface area contributed by atoms with Crippen LogP contribution in [0.2, 0.25) is 0 Å². The first-order valence-electron chi connectivity index (χ1n) is 6.83. The van der Waals surface area contributed by atoms with Crippen molar-refractivity contribution in [2.24, 2.45) is 0 Å². The van der Waals surface area contributed by atoms with Gasteiger partial charge in [0.25, 0.3) is 0 Å². The molecule has 1 aromatic rings. The van der Waals surface area contributed by atoms with Crippen molar-refractivity contribution in [3.05, 3.63) is 29.8 Å². The molecule has 0 radical (unpaired) electrons. The van der Waals surface area contributed by atoms with Crippen molar-refractivity contribution >= 4 is 0 Å². The van der Waals surface area contributed by atoms with Crippen LogP contribution >= 0.6 is 0 Å². The summed E-state index contributed by atoms with van der Waals surface area (Å²) in [5.74, 6) is 0.595. The van der Waals surface area contributed by atoms with Gasteiger partial charge < -0.3 is 24.4 Å². The number of aliphatic hydroxyl groups excluding tert-OH is 2. The second-order valence-electron chi connectivity index (χ2n) is 4.49. The zero-order valence-corrected chi connectivity index (χ0v) is 12.1. The van der Waals surface area contributed by atoms with Crippen LogP contribution in [0.3, 0.4) is 0 Å². The Morgan fingerprint density at radius 3 is 2.55 bits per heavy atom. The molecule has 114 valence electrons. The molecule has 0 saturated carbocycles. The molecule has 0 aromatic heterocycles. The summed E-state index contributed by atoms with van der Waals surface area (Å²) in [5, 5.41) is 19.6. The van der Waals surface area contributed by atoms with E-state index in [1.165, 1.54) is 0 Å². The third-order valence-corrected chi connectivity index (χ3v) is 2.84. The molecule has 20 heavy (non-hydrogen) atoms. The number of para-hydroxylation sites is 1. The van der Waals surface area contributed by atoms with Gasteiger partial charge in [-0.05, 0) is 12.5 Å². The number of methoxy groups -OCH3 is 1. The van der Waals surface area contributed by atoms with Crippen LogP contribution < -0.4 is 4.74 Å². The first kappa shape index (κ1) is 16.9. The molecule has 0 aliphatic heterocycles. The van der Waals surface area contributed by atoms with E-state index in [0.29, 0.717) is 25.4 Å². The van der Waals surface area contributed by atoms with Crippen molar-refractivity contribution in [3.8, 4) is 5.75 Å². The van der Waals surface area contributed by atoms with Gasteiger partial charge in [-0.15, -0.1) is 0 Å². The van der Waals surface area contributed by atoms with Crippen molar-refractivity contribution < 1.29 is 24.4 Å². The Morgan fingerprint density at radius 2 is 1.85 bits per heavy atom. The summed E-state index contributed by atoms with van der Waals surface area (Å²) in [7, 11) is 1.60. The van der Waals surface area contributed by atoms with E-state index in [-0.39, 0.29) is 13.2 Å². The van der Waals surface area contributed by atoms with Crippen LogP contribution in [0.1, 0.15) is 25.0 Å². The predicted molar refractivity (Wildman–Crippen MR) is 75.9 cm³/mol. The van der Waals surface area contributed by atoms with Crippen LogP contribution in [0.25, 0.3) is 0 Å². The molecule has 0 saturated heterocycles. The first-order chi connectivity index (χ1) is 9.69. The Morgan fingerprint density at radius 1 is 1.10 bits per heavy atom. The monoisotopic (exact) mass is 284 g/mol. The minimum atomic E-state index is -0.710. The molecule has 0 aliphatic carbocycles. The Hall–Kier alpha value is -1.14. The van der Waals surface area contributed by atoms with E-state index in [2.05, 4.69) is 0 Å². The molecule has 5 heteroatoms. The van der Waals surface area contributed by atoms with E-state index < -0.39 is 12.2 Å². The van der Waals surface area contributed by atoms with Gasteiger partial charge in [-0.1, -0.05) is 25.1 Å². The van der Waals surface area contributed by atoms with Crippen LogP contribution in [0.4, 0.5) is 0 Å². The zero-order chi connectivity index (χ0) is 14.8. The Kier molecular flexibility index (Phi) is 8.22. The van der Waals surface area contributed by atoms with Gasteiger partial charge in [-0.3, -0.25) is 0 Å². The predicted octanol–water partition coefficient (Wildman–Crippen LogP) is 1.53. The molecule has 1 rings (SSSR count). The van der Waals surface area contributed by atoms with Crippen LogP contribution in [0.15, 0.2) is 24.3 Å². The molecular weight excluding hydrogens is 260 g/mol. The van der Waals surface area contributed by atoms with Crippen molar-refractivity contribution in [1.29, 1.82) is 0 Å². The Balaban J connectivity index is 2.41. The van der Waals surface area contributed by atoms with Crippen LogP contribution in [0.5, 0.6) is 5.75 Å². The van der Waals surface area contributed by atoms with Crippen molar-refractivity contribution in [3.63, 3.8) is 0 Å². The van der Waals surface area contributed by atoms with Crippen LogP contribution in [-0.2, 0) is 9.47 Å². The minimum Gasteiger partial charge on any atom is -0.490 e. The molecule has 2 N–H and O–H groups in total. The molecule has 0 amide bonds. The van der Waals surface area contributed by atoms with E-state index in [9.17, 15) is 10.2 Å². The summed E-state index contributed by atoms with van der Waals surface area (Å²) in [6.07, 6.45) is -0.650. The van der Waals surface area contributed by atoms with E-state index in [1.807, 2.05) is 25.1 Å². The number of aliphatic hydroxyl groups is 2. The van der Waals surface area contributed by atoms with Gasteiger partial charge in [0, 0.05) is 12.7 Å². The quantitative estimate of drug-likeness (QED) is 0.638. The van der Waals surface area contributed by atoms with E-state index >= 15 is 0 Å². The largest absolute Gasteiger partial charge is 0.490 e. The number of rotatable bonds is 10. The second-order valence-corrected chi connectivity index (χ2v) is 4.49. The topological polar surface area (TPSA) is 68.2 Å². The Labute approximate surface area is 120 Å². The molecule has 2 atom stereocenters. The lowest BCUT2D eigenvalue weighted by Crippen LogP contribution is -2.24. The summed E-state index contributed by atoms with van der Waals surface area (Å²) in [5.41, 5.74) is 0.738. The van der Waals surface area contributed by atoms with Crippen molar-refractivity contribution in [1.82, 2.24) is 0 Å². The maximum absolute atomic E-state index is 9.89. The summed E-state index contributed by atoms with van der Waals surface area (Å²) < 4.78 is 15.6. The molecule has 0 aliphatic rings. The fourth-order valence-corrected chi connectivity index (χ4v) is 1.70. The van der Waals surface area contributed by atoms with E-state index in [0.717, 1.165) is 5.56 Å². The van der Waals surface area contributed by atoms with E-state index in [1.54, 1.807) is 13.2 Å². The molecule has 0 bridgehead atoms. The summed E-state index contributed by atoms with van der Waals surface area (Å²) in [6, 6.07) is 7.30. The molecule has 5 nitrogen and oxygen atoms in total. The van der Waals surface area contributed by atoms with Gasteiger partial charge in [0.15, 0.2) is 0 Å². The highest BCUT2D eigenvalue weighted by Crippen LogP contribution is 2.26. The third kappa shape index (κ3) is 5.88. The molecule has 0 fully saturated rings. The highest BCUT2D eigenvalue weighted by atomic mass is 16.5. The number of benzene rings is 1. The van der Waals surface area contributed by atoms with E-state index in [4.69, 9.17) is 14.2 Å². The summed E-state index contributed by atoms with van der Waals surface area (Å²) in [4.78, 5) is 0. The molecule has 0 heterocycles. The Bertz CT molecular complexity index is 369. The molecular formula is C15H24O5. The maximum Gasteiger partial charge on any atom is 0.125 e. The summed E-state index contributed by atoms with van der Waals surface area (Å²) >= 11 is 0. The molecule has 2 unspecified atom stereocenters. The normalized spacial score (nSPS) is 14.0. The maximum atomic E-state index is 9.89. The number of hydrogen-bond acceptors (Lipinski definition) is 5. The van der Waals surface area contributed by atoms with Crippen molar-refractivity contribution in [2.75, 3.05) is 33.5 Å². The minimum absolute atomic E-state index is 0.125. The van der Waals surface area contributed by atoms with Crippen LogP contribution in [-0.4, -0.2) is 49.9 Å². The van der Waals surface area contributed by atoms with Gasteiger partial charge in [0.05, 0.1) is 25.9 Å². The fourth-order valence-electron chi connectivity index (χ4n) is 1.70.